The Morgan fingerprint density at radius 3 is 2.56 bits per heavy atom. The minimum absolute atomic E-state index is 0.532. The van der Waals surface area contributed by atoms with Gasteiger partial charge in [-0.25, -0.2) is 0 Å². The van der Waals surface area contributed by atoms with Crippen LogP contribution in [0.5, 0.6) is 0 Å². The Kier molecular flexibility index (Phi) is 4.50. The first kappa shape index (κ1) is 13.7. The van der Waals surface area contributed by atoms with E-state index in [0.717, 1.165) is 18.5 Å². The lowest BCUT2D eigenvalue weighted by atomic mass is 9.69. The summed E-state index contributed by atoms with van der Waals surface area (Å²) in [7, 11) is 0. The Balaban J connectivity index is 1.73. The molecule has 0 atom stereocenters. The van der Waals surface area contributed by atoms with E-state index in [1.54, 1.807) is 0 Å². The van der Waals surface area contributed by atoms with Crippen molar-refractivity contribution in [2.45, 2.75) is 65.5 Å². The van der Waals surface area contributed by atoms with Crippen LogP contribution in [0.15, 0.2) is 18.3 Å². The molecular formula is C16H28N2. The lowest BCUT2D eigenvalue weighted by molar-refractivity contribution is 0.136. The molecule has 1 aromatic rings. The van der Waals surface area contributed by atoms with Gasteiger partial charge < -0.3 is 10.3 Å². The number of rotatable bonds is 5. The quantitative estimate of drug-likeness (QED) is 0.806. The Morgan fingerprint density at radius 2 is 2.00 bits per heavy atom. The van der Waals surface area contributed by atoms with Gasteiger partial charge in [0.05, 0.1) is 0 Å². The maximum absolute atomic E-state index is 3.68. The van der Waals surface area contributed by atoms with Crippen molar-refractivity contribution >= 4 is 0 Å². The van der Waals surface area contributed by atoms with Gasteiger partial charge in [-0.3, -0.25) is 0 Å². The van der Waals surface area contributed by atoms with Gasteiger partial charge in [-0.1, -0.05) is 27.2 Å². The first-order chi connectivity index (χ1) is 8.62. The van der Waals surface area contributed by atoms with Crippen LogP contribution in [0.25, 0.3) is 0 Å². The molecule has 0 unspecified atom stereocenters. The van der Waals surface area contributed by atoms with E-state index < -0.39 is 0 Å². The van der Waals surface area contributed by atoms with Gasteiger partial charge in [-0.2, -0.15) is 0 Å². The summed E-state index contributed by atoms with van der Waals surface area (Å²) >= 11 is 0. The van der Waals surface area contributed by atoms with E-state index in [1.165, 1.54) is 37.8 Å². The summed E-state index contributed by atoms with van der Waals surface area (Å²) in [6, 6.07) is 4.94. The summed E-state index contributed by atoms with van der Waals surface area (Å²) < 4.78 is 0. The molecule has 0 amide bonds. The Bertz CT molecular complexity index is 332. The van der Waals surface area contributed by atoms with Crippen molar-refractivity contribution < 1.29 is 0 Å². The van der Waals surface area contributed by atoms with Gasteiger partial charge >= 0.3 is 0 Å². The molecule has 1 aliphatic rings. The second-order valence-electron chi connectivity index (χ2n) is 6.47. The van der Waals surface area contributed by atoms with Crippen LogP contribution >= 0.6 is 0 Å². The number of nitrogens with one attached hydrogen (secondary N) is 2. The zero-order chi connectivity index (χ0) is 13.0. The van der Waals surface area contributed by atoms with E-state index in [2.05, 4.69) is 43.2 Å². The lowest BCUT2D eigenvalue weighted by Gasteiger charge is -2.39. The zero-order valence-electron chi connectivity index (χ0n) is 12.1. The number of aromatic nitrogens is 1. The first-order valence-corrected chi connectivity index (χ1v) is 7.47. The minimum atomic E-state index is 0.532. The predicted octanol–water partition coefficient (Wildman–Crippen LogP) is 4.10. The molecule has 0 aliphatic heterocycles. The van der Waals surface area contributed by atoms with Gasteiger partial charge in [0.1, 0.15) is 0 Å². The van der Waals surface area contributed by atoms with Crippen LogP contribution in [0.4, 0.5) is 0 Å². The van der Waals surface area contributed by atoms with Crippen molar-refractivity contribution in [2.75, 3.05) is 0 Å². The molecule has 1 heterocycles. The first-order valence-electron chi connectivity index (χ1n) is 7.47. The van der Waals surface area contributed by atoms with Crippen molar-refractivity contribution in [3.63, 3.8) is 0 Å². The molecule has 1 saturated carbocycles. The molecule has 1 aromatic heterocycles. The molecular weight excluding hydrogens is 220 g/mol. The van der Waals surface area contributed by atoms with Crippen molar-refractivity contribution in [1.82, 2.24) is 10.3 Å². The molecule has 0 spiro atoms. The molecule has 0 aromatic carbocycles. The van der Waals surface area contributed by atoms with Crippen LogP contribution in [0.2, 0.25) is 0 Å². The molecule has 1 aliphatic carbocycles. The summed E-state index contributed by atoms with van der Waals surface area (Å²) in [6.45, 7) is 8.18. The molecule has 1 fully saturated rings. The summed E-state index contributed by atoms with van der Waals surface area (Å²) in [5.74, 6) is 0.922. The number of aromatic amines is 1. The fraction of sp³-hybridized carbons (Fsp3) is 0.750. The Morgan fingerprint density at radius 1 is 1.28 bits per heavy atom. The normalized spacial score (nSPS) is 25.3. The molecule has 0 bridgehead atoms. The molecule has 102 valence electrons. The zero-order valence-corrected chi connectivity index (χ0v) is 12.1. The maximum Gasteiger partial charge on any atom is 0.0359 e. The molecule has 18 heavy (non-hydrogen) atoms. The second-order valence-corrected chi connectivity index (χ2v) is 6.47. The molecule has 0 radical (unpaired) electrons. The summed E-state index contributed by atoms with van der Waals surface area (Å²) in [4.78, 5) is 3.26. The molecule has 0 saturated heterocycles. The van der Waals surface area contributed by atoms with E-state index in [4.69, 9.17) is 0 Å². The minimum Gasteiger partial charge on any atom is -0.364 e. The SMILES string of the molecule is CCC(C)(C)C1CCC(NCc2ccc[nH]2)CC1. The standard InChI is InChI=1S/C16H28N2/c1-4-16(2,3)13-7-9-14(10-8-13)18-12-15-6-5-11-17-15/h5-6,11,13-14,17-18H,4,7-10,12H2,1-3H3. The van der Waals surface area contributed by atoms with Gasteiger partial charge in [0.2, 0.25) is 0 Å². The Hall–Kier alpha value is -0.760. The van der Waals surface area contributed by atoms with Crippen LogP contribution in [0.1, 0.15) is 58.6 Å². The van der Waals surface area contributed by atoms with E-state index in [0.29, 0.717) is 5.41 Å². The summed E-state index contributed by atoms with van der Waals surface area (Å²) in [6.07, 6.45) is 8.77. The van der Waals surface area contributed by atoms with E-state index >= 15 is 0 Å². The second kappa shape index (κ2) is 5.92. The average Bonchev–Trinajstić information content (AvgIpc) is 2.90. The third-order valence-electron chi connectivity index (χ3n) is 4.99. The van der Waals surface area contributed by atoms with E-state index in [1.807, 2.05) is 6.20 Å². The van der Waals surface area contributed by atoms with Gasteiger partial charge in [-0.05, 0) is 49.1 Å². The van der Waals surface area contributed by atoms with Gasteiger partial charge in [0.15, 0.2) is 0 Å². The molecule has 2 heteroatoms. The third kappa shape index (κ3) is 3.38. The number of hydrogen-bond donors (Lipinski definition) is 2. The van der Waals surface area contributed by atoms with Crippen LogP contribution in [0, 0.1) is 11.3 Å². The summed E-state index contributed by atoms with van der Waals surface area (Å²) in [5, 5.41) is 3.68. The Labute approximate surface area is 112 Å². The topological polar surface area (TPSA) is 27.8 Å². The highest BCUT2D eigenvalue weighted by Crippen LogP contribution is 2.40. The highest BCUT2D eigenvalue weighted by molar-refractivity contribution is 5.03. The van der Waals surface area contributed by atoms with Crippen LogP contribution in [-0.4, -0.2) is 11.0 Å². The van der Waals surface area contributed by atoms with Crippen molar-refractivity contribution in [1.29, 1.82) is 0 Å². The largest absolute Gasteiger partial charge is 0.364 e. The molecule has 2 N–H and O–H groups in total. The lowest BCUT2D eigenvalue weighted by Crippen LogP contribution is -2.36. The maximum atomic E-state index is 3.68. The smallest absolute Gasteiger partial charge is 0.0359 e. The van der Waals surface area contributed by atoms with Crippen molar-refractivity contribution in [3.8, 4) is 0 Å². The summed E-state index contributed by atoms with van der Waals surface area (Å²) in [5.41, 5.74) is 1.83. The van der Waals surface area contributed by atoms with Crippen LogP contribution < -0.4 is 5.32 Å². The highest BCUT2D eigenvalue weighted by atomic mass is 14.9. The molecule has 2 rings (SSSR count). The monoisotopic (exact) mass is 248 g/mol. The van der Waals surface area contributed by atoms with Crippen LogP contribution in [-0.2, 0) is 6.54 Å². The molecule has 2 nitrogen and oxygen atoms in total. The van der Waals surface area contributed by atoms with Gasteiger partial charge in [-0.15, -0.1) is 0 Å². The third-order valence-corrected chi connectivity index (χ3v) is 4.99. The highest BCUT2D eigenvalue weighted by Gasteiger charge is 2.31. The number of H-pyrrole nitrogens is 1. The van der Waals surface area contributed by atoms with Gasteiger partial charge in [0.25, 0.3) is 0 Å². The average molecular weight is 248 g/mol. The fourth-order valence-electron chi connectivity index (χ4n) is 3.10. The van der Waals surface area contributed by atoms with E-state index in [-0.39, 0.29) is 0 Å². The number of hydrogen-bond acceptors (Lipinski definition) is 1. The van der Waals surface area contributed by atoms with Gasteiger partial charge in [0, 0.05) is 24.5 Å². The van der Waals surface area contributed by atoms with Crippen LogP contribution in [0.3, 0.4) is 0 Å². The van der Waals surface area contributed by atoms with Crippen molar-refractivity contribution in [2.24, 2.45) is 11.3 Å². The van der Waals surface area contributed by atoms with E-state index in [9.17, 15) is 0 Å². The van der Waals surface area contributed by atoms with Crippen molar-refractivity contribution in [3.05, 3.63) is 24.0 Å². The fourth-order valence-corrected chi connectivity index (χ4v) is 3.10. The predicted molar refractivity (Wildman–Crippen MR) is 77.5 cm³/mol.